The maximum Gasteiger partial charge on any atom is 0.345 e. The molecule has 1 saturated carbocycles. The van der Waals surface area contributed by atoms with Gasteiger partial charge in [0.25, 0.3) is 0 Å². The minimum absolute atomic E-state index is 0.201. The Bertz CT molecular complexity index is 801. The lowest BCUT2D eigenvalue weighted by atomic mass is 9.85. The van der Waals surface area contributed by atoms with Gasteiger partial charge in [0.1, 0.15) is 4.88 Å². The number of carboxylic acid groups (broad SMARTS) is 1. The second kappa shape index (κ2) is 11.3. The Morgan fingerprint density at radius 3 is 2.57 bits per heavy atom. The number of aliphatic hydroxyl groups is 1. The van der Waals surface area contributed by atoms with Gasteiger partial charge in [0.15, 0.2) is 0 Å². The van der Waals surface area contributed by atoms with Crippen molar-refractivity contribution in [1.29, 1.82) is 0 Å². The number of unbranched alkanes of at least 4 members (excludes halogenated alkanes) is 2. The van der Waals surface area contributed by atoms with Gasteiger partial charge in [0.05, 0.1) is 6.10 Å². The molecule has 1 aromatic heterocycles. The van der Waals surface area contributed by atoms with E-state index in [1.54, 1.807) is 6.07 Å². The molecule has 0 spiro atoms. The third-order valence-corrected chi connectivity index (χ3v) is 8.07. The first-order valence-electron chi connectivity index (χ1n) is 11.2. The zero-order chi connectivity index (χ0) is 21.5. The molecule has 30 heavy (non-hydrogen) atoms. The van der Waals surface area contributed by atoms with Crippen molar-refractivity contribution in [3.05, 3.63) is 57.3 Å². The third-order valence-electron chi connectivity index (χ3n) is 6.40. The number of thiophene rings is 1. The maximum atomic E-state index is 11.0. The van der Waals surface area contributed by atoms with Crippen LogP contribution < -0.4 is 0 Å². The number of hydrogen-bond acceptors (Lipinski definition) is 3. The number of benzene rings is 1. The van der Waals surface area contributed by atoms with Crippen LogP contribution in [0.5, 0.6) is 0 Å². The first-order valence-corrected chi connectivity index (χ1v) is 12.5. The Morgan fingerprint density at radius 1 is 1.13 bits per heavy atom. The molecule has 0 aliphatic heterocycles. The highest BCUT2D eigenvalue weighted by Gasteiger charge is 2.35. The van der Waals surface area contributed by atoms with E-state index in [-0.39, 0.29) is 11.5 Å². The normalized spacial score (nSPS) is 22.3. The Morgan fingerprint density at radius 2 is 1.90 bits per heavy atom. The molecule has 0 bridgehead atoms. The fourth-order valence-electron chi connectivity index (χ4n) is 4.67. The van der Waals surface area contributed by atoms with Crippen LogP contribution in [-0.4, -0.2) is 21.6 Å². The van der Waals surface area contributed by atoms with Crippen molar-refractivity contribution in [1.82, 2.24) is 0 Å². The largest absolute Gasteiger partial charge is 0.477 e. The van der Waals surface area contributed by atoms with E-state index in [2.05, 4.69) is 31.2 Å². The zero-order valence-electron chi connectivity index (χ0n) is 17.7. The summed E-state index contributed by atoms with van der Waals surface area (Å²) in [6.07, 6.45) is 9.01. The van der Waals surface area contributed by atoms with Crippen molar-refractivity contribution in [3.8, 4) is 0 Å². The summed E-state index contributed by atoms with van der Waals surface area (Å²) >= 11 is 8.06. The molecule has 2 aromatic rings. The molecule has 1 aliphatic rings. The Balaban J connectivity index is 1.55. The molecule has 1 aliphatic carbocycles. The Labute approximate surface area is 189 Å². The maximum absolute atomic E-state index is 11.0. The first kappa shape index (κ1) is 23.3. The predicted octanol–water partition coefficient (Wildman–Crippen LogP) is 7.18. The predicted molar refractivity (Wildman–Crippen MR) is 125 cm³/mol. The van der Waals surface area contributed by atoms with Crippen LogP contribution in [0, 0.1) is 5.92 Å². The quantitative estimate of drug-likeness (QED) is 0.282. The lowest BCUT2D eigenvalue weighted by Gasteiger charge is -2.23. The van der Waals surface area contributed by atoms with Crippen molar-refractivity contribution >= 4 is 28.9 Å². The van der Waals surface area contributed by atoms with E-state index in [0.29, 0.717) is 16.7 Å². The van der Waals surface area contributed by atoms with Gasteiger partial charge in [-0.05, 0) is 73.6 Å². The summed E-state index contributed by atoms with van der Waals surface area (Å²) in [6, 6.07) is 12.2. The molecule has 4 atom stereocenters. The molecular weight excluding hydrogens is 416 g/mol. The first-order chi connectivity index (χ1) is 14.5. The average molecular weight is 449 g/mol. The van der Waals surface area contributed by atoms with Crippen molar-refractivity contribution in [2.45, 2.75) is 82.1 Å². The number of hydrogen-bond donors (Lipinski definition) is 2. The van der Waals surface area contributed by atoms with Crippen molar-refractivity contribution in [2.75, 3.05) is 0 Å². The van der Waals surface area contributed by atoms with E-state index in [1.807, 2.05) is 6.07 Å². The lowest BCUT2D eigenvalue weighted by molar-refractivity contribution is 0.0702. The zero-order valence-corrected chi connectivity index (χ0v) is 19.3. The number of aromatic carboxylic acids is 1. The topological polar surface area (TPSA) is 57.5 Å². The van der Waals surface area contributed by atoms with E-state index in [4.69, 9.17) is 16.7 Å². The lowest BCUT2D eigenvalue weighted by Crippen LogP contribution is -2.14. The molecule has 0 radical (unpaired) electrons. The van der Waals surface area contributed by atoms with Crippen molar-refractivity contribution < 1.29 is 15.0 Å². The van der Waals surface area contributed by atoms with E-state index in [0.717, 1.165) is 55.4 Å². The second-order valence-electron chi connectivity index (χ2n) is 8.51. The summed E-state index contributed by atoms with van der Waals surface area (Å²) in [5.74, 6) is 0.0736. The summed E-state index contributed by atoms with van der Waals surface area (Å²) in [5.41, 5.74) is 2.34. The number of aliphatic hydroxyl groups excluding tert-OH is 1. The van der Waals surface area contributed by atoms with Gasteiger partial charge < -0.3 is 10.2 Å². The number of carboxylic acids is 1. The van der Waals surface area contributed by atoms with E-state index < -0.39 is 5.97 Å². The summed E-state index contributed by atoms with van der Waals surface area (Å²) in [4.78, 5) is 12.6. The highest BCUT2D eigenvalue weighted by molar-refractivity contribution is 7.13. The molecular formula is C25H33ClO3S. The van der Waals surface area contributed by atoms with Gasteiger partial charge in [-0.1, -0.05) is 50.5 Å². The van der Waals surface area contributed by atoms with Crippen LogP contribution in [0.2, 0.25) is 0 Å². The molecule has 1 heterocycles. The van der Waals surface area contributed by atoms with Gasteiger partial charge in [-0.3, -0.25) is 0 Å². The van der Waals surface area contributed by atoms with Crippen LogP contribution in [0.4, 0.5) is 0 Å². The molecule has 1 fully saturated rings. The van der Waals surface area contributed by atoms with E-state index in [1.165, 1.54) is 29.7 Å². The molecule has 5 heteroatoms. The van der Waals surface area contributed by atoms with Crippen LogP contribution >= 0.6 is 22.9 Å². The molecule has 164 valence electrons. The van der Waals surface area contributed by atoms with Crippen LogP contribution in [0.25, 0.3) is 0 Å². The molecule has 0 saturated heterocycles. The second-order valence-corrected chi connectivity index (χ2v) is 10.2. The van der Waals surface area contributed by atoms with Gasteiger partial charge in [0, 0.05) is 10.3 Å². The number of aryl methyl sites for hydroxylation is 1. The number of halogens is 1. The summed E-state index contributed by atoms with van der Waals surface area (Å²) in [5, 5.41) is 19.7. The monoisotopic (exact) mass is 448 g/mol. The Hall–Kier alpha value is -1.36. The molecule has 0 amide bonds. The van der Waals surface area contributed by atoms with E-state index in [9.17, 15) is 9.90 Å². The molecule has 2 unspecified atom stereocenters. The van der Waals surface area contributed by atoms with Crippen LogP contribution in [-0.2, 0) is 6.42 Å². The summed E-state index contributed by atoms with van der Waals surface area (Å²) < 4.78 is 0. The fourth-order valence-corrected chi connectivity index (χ4v) is 5.99. The van der Waals surface area contributed by atoms with Gasteiger partial charge in [-0.2, -0.15) is 0 Å². The highest BCUT2D eigenvalue weighted by Crippen LogP contribution is 2.45. The molecule has 1 aromatic carbocycles. The number of rotatable bonds is 11. The van der Waals surface area contributed by atoms with Crippen molar-refractivity contribution in [2.24, 2.45) is 5.92 Å². The van der Waals surface area contributed by atoms with Gasteiger partial charge in [-0.25, -0.2) is 4.79 Å². The average Bonchev–Trinajstić information content (AvgIpc) is 3.36. The summed E-state index contributed by atoms with van der Waals surface area (Å²) in [6.45, 7) is 2.18. The number of alkyl halides is 1. The standard InChI is InChI=1S/C25H33ClO3S/c1-2-3-4-8-23(27)18-11-9-17(10-12-18)20-14-15-22(26)21(20)7-5-6-19-13-16-24(30-19)25(28)29/h9-13,16,20-23,27H,2-8,14-15H2,1H3,(H,28,29)/t20-,21-,22?,23?/m1/s1. The highest BCUT2D eigenvalue weighted by atomic mass is 35.5. The molecule has 3 nitrogen and oxygen atoms in total. The van der Waals surface area contributed by atoms with E-state index >= 15 is 0 Å². The molecule has 3 rings (SSSR count). The minimum Gasteiger partial charge on any atom is -0.477 e. The minimum atomic E-state index is -0.846. The summed E-state index contributed by atoms with van der Waals surface area (Å²) in [7, 11) is 0. The van der Waals surface area contributed by atoms with Crippen molar-refractivity contribution in [3.63, 3.8) is 0 Å². The van der Waals surface area contributed by atoms with Crippen LogP contribution in [0.1, 0.15) is 96.0 Å². The fraction of sp³-hybridized carbons (Fsp3) is 0.560. The van der Waals surface area contributed by atoms with Crippen LogP contribution in [0.15, 0.2) is 36.4 Å². The SMILES string of the molecule is CCCCCC(O)c1ccc([C@H]2CCC(Cl)[C@@H]2CCCc2ccc(C(=O)O)s2)cc1. The number of carbonyl (C=O) groups is 1. The van der Waals surface area contributed by atoms with Gasteiger partial charge in [-0.15, -0.1) is 22.9 Å². The van der Waals surface area contributed by atoms with Gasteiger partial charge in [0.2, 0.25) is 0 Å². The third kappa shape index (κ3) is 6.09. The molecule has 2 N–H and O–H groups in total. The van der Waals surface area contributed by atoms with Gasteiger partial charge >= 0.3 is 5.97 Å². The van der Waals surface area contributed by atoms with Crippen LogP contribution in [0.3, 0.4) is 0 Å². The Kier molecular flexibility index (Phi) is 8.79. The smallest absolute Gasteiger partial charge is 0.345 e.